The summed E-state index contributed by atoms with van der Waals surface area (Å²) in [6.45, 7) is 3.59. The number of nitrogens with one attached hydrogen (secondary N) is 1. The topological polar surface area (TPSA) is 55.4 Å². The number of sulfonamides is 1. The first-order valence-corrected chi connectivity index (χ1v) is 8.14. The summed E-state index contributed by atoms with van der Waals surface area (Å²) in [5.74, 6) is 0.703. The molecular formula is C16H19NO3S. The van der Waals surface area contributed by atoms with Gasteiger partial charge in [0.1, 0.15) is 5.75 Å². The Bertz CT molecular complexity index is 726. The summed E-state index contributed by atoms with van der Waals surface area (Å²) in [5, 5.41) is 0. The molecular weight excluding hydrogens is 286 g/mol. The van der Waals surface area contributed by atoms with Gasteiger partial charge in [-0.1, -0.05) is 30.3 Å². The largest absolute Gasteiger partial charge is 0.497 e. The molecule has 112 valence electrons. The molecule has 4 nitrogen and oxygen atoms in total. The zero-order valence-electron chi connectivity index (χ0n) is 12.3. The highest BCUT2D eigenvalue weighted by molar-refractivity contribution is 7.89. The van der Waals surface area contributed by atoms with E-state index in [9.17, 15) is 8.42 Å². The number of hydrogen-bond donors (Lipinski definition) is 1. The van der Waals surface area contributed by atoms with Crippen molar-refractivity contribution in [3.8, 4) is 5.75 Å². The Hall–Kier alpha value is -1.85. The van der Waals surface area contributed by atoms with Gasteiger partial charge in [0.2, 0.25) is 10.0 Å². The molecule has 0 aliphatic heterocycles. The minimum absolute atomic E-state index is 0.305. The van der Waals surface area contributed by atoms with Gasteiger partial charge in [-0.05, 0) is 43.2 Å². The fourth-order valence-electron chi connectivity index (χ4n) is 2.13. The molecule has 0 aliphatic carbocycles. The van der Waals surface area contributed by atoms with E-state index in [1.54, 1.807) is 32.2 Å². The van der Waals surface area contributed by atoms with Crippen LogP contribution in [0.3, 0.4) is 0 Å². The molecule has 1 N–H and O–H groups in total. The van der Waals surface area contributed by atoms with Gasteiger partial charge >= 0.3 is 0 Å². The lowest BCUT2D eigenvalue weighted by Crippen LogP contribution is -2.27. The Labute approximate surface area is 125 Å². The fraction of sp³-hybridized carbons (Fsp3) is 0.250. The molecule has 0 saturated heterocycles. The number of benzene rings is 2. The molecule has 0 aromatic heterocycles. The van der Waals surface area contributed by atoms with Crippen LogP contribution >= 0.6 is 0 Å². The van der Waals surface area contributed by atoms with Gasteiger partial charge < -0.3 is 4.74 Å². The molecule has 0 bridgehead atoms. The summed E-state index contributed by atoms with van der Waals surface area (Å²) in [6, 6.07) is 13.9. The summed E-state index contributed by atoms with van der Waals surface area (Å²) in [6.07, 6.45) is 0. The molecule has 0 spiro atoms. The highest BCUT2D eigenvalue weighted by Crippen LogP contribution is 2.22. The van der Waals surface area contributed by atoms with Crippen molar-refractivity contribution >= 4 is 10.0 Å². The zero-order chi connectivity index (χ0) is 15.5. The Morgan fingerprint density at radius 2 is 1.81 bits per heavy atom. The Kier molecular flexibility index (Phi) is 4.65. The molecule has 21 heavy (non-hydrogen) atoms. The molecule has 0 saturated carbocycles. The van der Waals surface area contributed by atoms with E-state index in [2.05, 4.69) is 4.72 Å². The lowest BCUT2D eigenvalue weighted by atomic mass is 10.1. The van der Waals surface area contributed by atoms with Crippen LogP contribution in [0.25, 0.3) is 0 Å². The molecule has 2 aromatic rings. The summed E-state index contributed by atoms with van der Waals surface area (Å²) < 4.78 is 32.8. The van der Waals surface area contributed by atoms with Crippen LogP contribution in [0.2, 0.25) is 0 Å². The third kappa shape index (κ3) is 3.62. The van der Waals surface area contributed by atoms with Crippen LogP contribution < -0.4 is 9.46 Å². The van der Waals surface area contributed by atoms with E-state index in [-0.39, 0.29) is 6.04 Å². The van der Waals surface area contributed by atoms with Crippen molar-refractivity contribution in [2.45, 2.75) is 24.8 Å². The van der Waals surface area contributed by atoms with Crippen molar-refractivity contribution in [3.05, 3.63) is 59.7 Å². The molecule has 2 aromatic carbocycles. The second-order valence-corrected chi connectivity index (χ2v) is 6.57. The first-order valence-electron chi connectivity index (χ1n) is 6.66. The van der Waals surface area contributed by atoms with Crippen LogP contribution in [-0.4, -0.2) is 15.5 Å². The van der Waals surface area contributed by atoms with E-state index in [1.165, 1.54) is 0 Å². The summed E-state index contributed by atoms with van der Waals surface area (Å²) in [4.78, 5) is 0.305. The number of methoxy groups -OCH3 is 1. The third-order valence-corrected chi connectivity index (χ3v) is 5.01. The zero-order valence-corrected chi connectivity index (χ0v) is 13.1. The van der Waals surface area contributed by atoms with Crippen LogP contribution in [-0.2, 0) is 10.0 Å². The maximum Gasteiger partial charge on any atom is 0.241 e. The smallest absolute Gasteiger partial charge is 0.241 e. The normalized spacial score (nSPS) is 12.9. The van der Waals surface area contributed by atoms with Gasteiger partial charge in [-0.25, -0.2) is 13.1 Å². The summed E-state index contributed by atoms with van der Waals surface area (Å²) in [5.41, 5.74) is 1.58. The van der Waals surface area contributed by atoms with E-state index in [4.69, 9.17) is 4.74 Å². The van der Waals surface area contributed by atoms with Crippen molar-refractivity contribution in [2.75, 3.05) is 7.11 Å². The Morgan fingerprint density at radius 3 is 2.48 bits per heavy atom. The first-order chi connectivity index (χ1) is 9.94. The summed E-state index contributed by atoms with van der Waals surface area (Å²) in [7, 11) is -1.96. The molecule has 0 fully saturated rings. The van der Waals surface area contributed by atoms with Crippen molar-refractivity contribution in [1.29, 1.82) is 0 Å². The molecule has 0 radical (unpaired) electrons. The quantitative estimate of drug-likeness (QED) is 0.923. The van der Waals surface area contributed by atoms with Crippen molar-refractivity contribution in [3.63, 3.8) is 0 Å². The number of aryl methyl sites for hydroxylation is 1. The van der Waals surface area contributed by atoms with Crippen molar-refractivity contribution < 1.29 is 13.2 Å². The van der Waals surface area contributed by atoms with E-state index < -0.39 is 10.0 Å². The molecule has 1 atom stereocenters. The highest BCUT2D eigenvalue weighted by Gasteiger charge is 2.20. The van der Waals surface area contributed by atoms with Crippen LogP contribution in [0.15, 0.2) is 53.4 Å². The molecule has 2 rings (SSSR count). The minimum atomic E-state index is -3.55. The standard InChI is InChI=1S/C16H19NO3S/c1-12-7-4-5-10-16(12)21(18,19)17-13(2)14-8-6-9-15(11-14)20-3/h4-11,13,17H,1-3H3/t13-/m1/s1. The van der Waals surface area contributed by atoms with E-state index in [0.29, 0.717) is 10.6 Å². The third-order valence-electron chi connectivity index (χ3n) is 3.31. The summed E-state index contributed by atoms with van der Waals surface area (Å²) >= 11 is 0. The van der Waals surface area contributed by atoms with Gasteiger partial charge in [0.05, 0.1) is 12.0 Å². The van der Waals surface area contributed by atoms with E-state index >= 15 is 0 Å². The van der Waals surface area contributed by atoms with Crippen LogP contribution in [0, 0.1) is 6.92 Å². The van der Waals surface area contributed by atoms with Gasteiger partial charge in [0.15, 0.2) is 0 Å². The predicted molar refractivity (Wildman–Crippen MR) is 82.9 cm³/mol. The second-order valence-electron chi connectivity index (χ2n) is 4.89. The molecule has 0 amide bonds. The Balaban J connectivity index is 2.26. The van der Waals surface area contributed by atoms with E-state index in [1.807, 2.05) is 37.3 Å². The number of rotatable bonds is 5. The maximum absolute atomic E-state index is 12.4. The van der Waals surface area contributed by atoms with E-state index in [0.717, 1.165) is 11.1 Å². The predicted octanol–water partition coefficient (Wildman–Crippen LogP) is 3.04. The highest BCUT2D eigenvalue weighted by atomic mass is 32.2. The van der Waals surface area contributed by atoms with Crippen LogP contribution in [0.1, 0.15) is 24.1 Å². The van der Waals surface area contributed by atoms with Gasteiger partial charge in [0.25, 0.3) is 0 Å². The monoisotopic (exact) mass is 305 g/mol. The van der Waals surface area contributed by atoms with Gasteiger partial charge in [-0.2, -0.15) is 0 Å². The lowest BCUT2D eigenvalue weighted by Gasteiger charge is -2.16. The molecule has 0 aliphatic rings. The fourth-order valence-corrected chi connectivity index (χ4v) is 3.61. The van der Waals surface area contributed by atoms with Gasteiger partial charge in [0, 0.05) is 6.04 Å². The van der Waals surface area contributed by atoms with Gasteiger partial charge in [-0.3, -0.25) is 0 Å². The van der Waals surface area contributed by atoms with Crippen molar-refractivity contribution in [2.24, 2.45) is 0 Å². The SMILES string of the molecule is COc1cccc([C@@H](C)NS(=O)(=O)c2ccccc2C)c1. The molecule has 5 heteroatoms. The van der Waals surface area contributed by atoms with Crippen LogP contribution in [0.4, 0.5) is 0 Å². The van der Waals surface area contributed by atoms with Gasteiger partial charge in [-0.15, -0.1) is 0 Å². The Morgan fingerprint density at radius 1 is 1.10 bits per heavy atom. The average Bonchev–Trinajstić information content (AvgIpc) is 2.47. The van der Waals surface area contributed by atoms with Crippen molar-refractivity contribution in [1.82, 2.24) is 4.72 Å². The first kappa shape index (κ1) is 15.5. The maximum atomic E-state index is 12.4. The number of ether oxygens (including phenoxy) is 1. The number of hydrogen-bond acceptors (Lipinski definition) is 3. The lowest BCUT2D eigenvalue weighted by molar-refractivity contribution is 0.413. The average molecular weight is 305 g/mol. The van der Waals surface area contributed by atoms with Crippen LogP contribution in [0.5, 0.6) is 5.75 Å². The second kappa shape index (κ2) is 6.28. The molecule has 0 unspecified atom stereocenters. The molecule has 0 heterocycles. The minimum Gasteiger partial charge on any atom is -0.497 e.